The summed E-state index contributed by atoms with van der Waals surface area (Å²) in [6.07, 6.45) is 3.08. The van der Waals surface area contributed by atoms with Gasteiger partial charge in [0.25, 0.3) is 0 Å². The molecule has 114 valence electrons. The lowest BCUT2D eigenvalue weighted by Gasteiger charge is -2.38. The van der Waals surface area contributed by atoms with Gasteiger partial charge in [-0.3, -0.25) is 5.01 Å². The number of benzene rings is 1. The van der Waals surface area contributed by atoms with Crippen LogP contribution in [0.3, 0.4) is 0 Å². The van der Waals surface area contributed by atoms with Crippen LogP contribution in [-0.4, -0.2) is 16.9 Å². The van der Waals surface area contributed by atoms with Crippen molar-refractivity contribution in [3.63, 3.8) is 0 Å². The van der Waals surface area contributed by atoms with Crippen molar-refractivity contribution in [2.75, 3.05) is 0 Å². The quantitative estimate of drug-likeness (QED) is 0.736. The number of fused-ring (bicyclic) bond motifs is 3. The standard InChI is InChI=1S/C17H17BrN2OS/c1-2-5-17-20-13(11-6-3-4-7-14(11)21-17)10-12(19-20)15-8-9-16(18)22-15/h3-4,6-9,13,17H,2,5,10H2,1H3. The lowest BCUT2D eigenvalue weighted by atomic mass is 9.98. The number of thiophene rings is 1. The predicted octanol–water partition coefficient (Wildman–Crippen LogP) is 5.18. The highest BCUT2D eigenvalue weighted by atomic mass is 79.9. The second-order valence-electron chi connectivity index (χ2n) is 5.65. The van der Waals surface area contributed by atoms with E-state index in [2.05, 4.69) is 58.2 Å². The van der Waals surface area contributed by atoms with E-state index < -0.39 is 0 Å². The van der Waals surface area contributed by atoms with E-state index in [0.29, 0.717) is 6.04 Å². The third-order valence-corrected chi connectivity index (χ3v) is 5.84. The Balaban J connectivity index is 1.72. The van der Waals surface area contributed by atoms with E-state index in [-0.39, 0.29) is 6.23 Å². The van der Waals surface area contributed by atoms with Crippen molar-refractivity contribution in [1.82, 2.24) is 5.01 Å². The van der Waals surface area contributed by atoms with Crippen molar-refractivity contribution in [3.05, 3.63) is 50.6 Å². The maximum atomic E-state index is 6.19. The number of rotatable bonds is 3. The van der Waals surface area contributed by atoms with Gasteiger partial charge in [-0.15, -0.1) is 11.3 Å². The molecule has 0 amide bonds. The van der Waals surface area contributed by atoms with Crippen molar-refractivity contribution in [2.24, 2.45) is 5.10 Å². The Kier molecular flexibility index (Phi) is 3.70. The second kappa shape index (κ2) is 5.70. The molecule has 2 atom stereocenters. The Morgan fingerprint density at radius 1 is 1.32 bits per heavy atom. The summed E-state index contributed by atoms with van der Waals surface area (Å²) in [6, 6.07) is 12.9. The second-order valence-corrected chi connectivity index (χ2v) is 8.11. The first kappa shape index (κ1) is 14.3. The van der Waals surface area contributed by atoms with Gasteiger partial charge in [0.05, 0.1) is 20.4 Å². The van der Waals surface area contributed by atoms with Crippen molar-refractivity contribution < 1.29 is 4.74 Å². The molecule has 0 fully saturated rings. The fraction of sp³-hybridized carbons (Fsp3) is 0.353. The van der Waals surface area contributed by atoms with Crippen LogP contribution in [0.15, 0.2) is 45.3 Å². The first-order valence-corrected chi connectivity index (χ1v) is 9.24. The molecule has 2 unspecified atom stereocenters. The lowest BCUT2D eigenvalue weighted by molar-refractivity contribution is -0.0223. The third-order valence-electron chi connectivity index (χ3n) is 4.17. The van der Waals surface area contributed by atoms with E-state index in [1.807, 2.05) is 6.07 Å². The molecule has 0 spiro atoms. The predicted molar refractivity (Wildman–Crippen MR) is 93.5 cm³/mol. The number of hydrazone groups is 1. The summed E-state index contributed by atoms with van der Waals surface area (Å²) in [5, 5.41) is 7.08. The number of halogens is 1. The topological polar surface area (TPSA) is 24.8 Å². The van der Waals surface area contributed by atoms with Crippen molar-refractivity contribution >= 4 is 33.0 Å². The fourth-order valence-electron chi connectivity index (χ4n) is 3.17. The molecule has 1 aromatic carbocycles. The van der Waals surface area contributed by atoms with Crippen molar-refractivity contribution in [2.45, 2.75) is 38.5 Å². The zero-order valence-corrected chi connectivity index (χ0v) is 14.7. The molecule has 22 heavy (non-hydrogen) atoms. The number of hydrogen-bond acceptors (Lipinski definition) is 4. The zero-order valence-electron chi connectivity index (χ0n) is 12.3. The Hall–Kier alpha value is -1.33. The van der Waals surface area contributed by atoms with Crippen LogP contribution in [-0.2, 0) is 0 Å². The molecule has 5 heteroatoms. The molecule has 0 saturated carbocycles. The molecule has 0 saturated heterocycles. The largest absolute Gasteiger partial charge is 0.469 e. The minimum Gasteiger partial charge on any atom is -0.469 e. The maximum absolute atomic E-state index is 6.19. The molecule has 0 bridgehead atoms. The van der Waals surface area contributed by atoms with Crippen LogP contribution < -0.4 is 4.74 Å². The Morgan fingerprint density at radius 2 is 2.18 bits per heavy atom. The van der Waals surface area contributed by atoms with Gasteiger partial charge in [0.2, 0.25) is 0 Å². The molecule has 4 rings (SSSR count). The molecule has 3 nitrogen and oxygen atoms in total. The monoisotopic (exact) mass is 376 g/mol. The molecule has 2 aliphatic rings. The van der Waals surface area contributed by atoms with E-state index >= 15 is 0 Å². The number of para-hydroxylation sites is 1. The summed E-state index contributed by atoms with van der Waals surface area (Å²) in [6.45, 7) is 2.19. The lowest BCUT2D eigenvalue weighted by Crippen LogP contribution is -2.40. The van der Waals surface area contributed by atoms with Crippen LogP contribution in [0, 0.1) is 0 Å². The summed E-state index contributed by atoms with van der Waals surface area (Å²) in [7, 11) is 0. The Morgan fingerprint density at radius 3 is 2.95 bits per heavy atom. The molecule has 0 aliphatic carbocycles. The molecule has 3 heterocycles. The van der Waals surface area contributed by atoms with Gasteiger partial charge in [-0.2, -0.15) is 5.10 Å². The molecule has 0 radical (unpaired) electrons. The Bertz CT molecular complexity index is 727. The third kappa shape index (κ3) is 2.36. The van der Waals surface area contributed by atoms with Gasteiger partial charge in [0.15, 0.2) is 6.23 Å². The van der Waals surface area contributed by atoms with Gasteiger partial charge in [-0.25, -0.2) is 0 Å². The van der Waals surface area contributed by atoms with Gasteiger partial charge in [-0.05, 0) is 34.1 Å². The number of hydrogen-bond donors (Lipinski definition) is 0. The number of ether oxygens (including phenoxy) is 1. The summed E-state index contributed by atoms with van der Waals surface area (Å²) in [4.78, 5) is 1.24. The van der Waals surface area contributed by atoms with Crippen LogP contribution in [0.2, 0.25) is 0 Å². The summed E-state index contributed by atoms with van der Waals surface area (Å²) in [5.74, 6) is 1.02. The minimum absolute atomic E-state index is 0.0470. The molecular formula is C17H17BrN2OS. The zero-order chi connectivity index (χ0) is 15.1. The summed E-state index contributed by atoms with van der Waals surface area (Å²) >= 11 is 5.29. The molecule has 1 aromatic heterocycles. The van der Waals surface area contributed by atoms with Gasteiger partial charge in [-0.1, -0.05) is 31.5 Å². The highest BCUT2D eigenvalue weighted by molar-refractivity contribution is 9.11. The maximum Gasteiger partial charge on any atom is 0.187 e. The normalized spacial score (nSPS) is 22.8. The summed E-state index contributed by atoms with van der Waals surface area (Å²) < 4.78 is 7.34. The van der Waals surface area contributed by atoms with Gasteiger partial charge in [0.1, 0.15) is 5.75 Å². The highest BCUT2D eigenvalue weighted by Gasteiger charge is 2.39. The van der Waals surface area contributed by atoms with Crippen LogP contribution in [0.25, 0.3) is 0 Å². The molecule has 2 aromatic rings. The van der Waals surface area contributed by atoms with Crippen molar-refractivity contribution in [1.29, 1.82) is 0 Å². The van der Waals surface area contributed by atoms with Crippen LogP contribution in [0.1, 0.15) is 42.7 Å². The van der Waals surface area contributed by atoms with Gasteiger partial charge in [0, 0.05) is 18.4 Å². The molecular weight excluding hydrogens is 360 g/mol. The van der Waals surface area contributed by atoms with Crippen molar-refractivity contribution in [3.8, 4) is 5.75 Å². The highest BCUT2D eigenvalue weighted by Crippen LogP contribution is 2.44. The molecule has 2 aliphatic heterocycles. The minimum atomic E-state index is 0.0470. The van der Waals surface area contributed by atoms with E-state index in [1.165, 1.54) is 16.2 Å². The fourth-order valence-corrected chi connectivity index (χ4v) is 4.54. The average molecular weight is 377 g/mol. The van der Waals surface area contributed by atoms with Crippen LogP contribution in [0.4, 0.5) is 0 Å². The van der Waals surface area contributed by atoms with Gasteiger partial charge >= 0.3 is 0 Å². The van der Waals surface area contributed by atoms with E-state index in [4.69, 9.17) is 9.84 Å². The van der Waals surface area contributed by atoms with Crippen LogP contribution >= 0.6 is 27.3 Å². The van der Waals surface area contributed by atoms with Crippen LogP contribution in [0.5, 0.6) is 5.75 Å². The van der Waals surface area contributed by atoms with E-state index in [9.17, 15) is 0 Å². The first-order chi connectivity index (χ1) is 10.8. The first-order valence-electron chi connectivity index (χ1n) is 7.63. The molecule has 0 N–H and O–H groups in total. The van der Waals surface area contributed by atoms with E-state index in [1.54, 1.807) is 11.3 Å². The summed E-state index contributed by atoms with van der Waals surface area (Å²) in [5.41, 5.74) is 2.42. The average Bonchev–Trinajstić information content (AvgIpc) is 3.14. The number of nitrogens with zero attached hydrogens (tertiary/aromatic N) is 2. The smallest absolute Gasteiger partial charge is 0.187 e. The van der Waals surface area contributed by atoms with E-state index in [0.717, 1.165) is 28.8 Å². The SMILES string of the molecule is CCCC1Oc2ccccc2C2CC(c3ccc(Br)s3)=NN12. The van der Waals surface area contributed by atoms with Gasteiger partial charge < -0.3 is 4.74 Å². The Labute approximate surface area is 142 Å².